The molecule has 1 aliphatic heterocycles. The molecule has 1 aromatic rings. The van der Waals surface area contributed by atoms with E-state index in [9.17, 15) is 14.4 Å². The second-order valence-corrected chi connectivity index (χ2v) is 4.90. The average molecular weight is 312 g/mol. The monoisotopic (exact) mass is 311 g/mol. The van der Waals surface area contributed by atoms with Gasteiger partial charge in [-0.15, -0.1) is 0 Å². The fourth-order valence-corrected chi connectivity index (χ4v) is 2.03. The van der Waals surface area contributed by atoms with Crippen molar-refractivity contribution in [2.45, 2.75) is 6.92 Å². The number of anilines is 1. The molecule has 0 unspecified atom stereocenters. The Morgan fingerprint density at radius 2 is 2.19 bits per heavy atom. The summed E-state index contributed by atoms with van der Waals surface area (Å²) in [7, 11) is 1.45. The Hall–Kier alpha value is -2.28. The molecule has 4 amide bonds. The summed E-state index contributed by atoms with van der Waals surface area (Å²) in [5.41, 5.74) is 1.19. The summed E-state index contributed by atoms with van der Waals surface area (Å²) in [4.78, 5) is 35.6. The molecule has 21 heavy (non-hydrogen) atoms. The first-order chi connectivity index (χ1) is 9.92. The van der Waals surface area contributed by atoms with Crippen molar-refractivity contribution in [3.63, 3.8) is 0 Å². The molecule has 1 aliphatic rings. The first kappa shape index (κ1) is 15.1. The highest BCUT2D eigenvalue weighted by Crippen LogP contribution is 2.30. The molecule has 1 saturated heterocycles. The molecule has 2 N–H and O–H groups in total. The van der Waals surface area contributed by atoms with E-state index in [4.69, 9.17) is 16.3 Å². The summed E-state index contributed by atoms with van der Waals surface area (Å²) < 4.78 is 5.14. The van der Waals surface area contributed by atoms with E-state index in [-0.39, 0.29) is 13.1 Å². The minimum Gasteiger partial charge on any atom is -0.495 e. The molecule has 0 saturated carbocycles. The molecule has 2 rings (SSSR count). The number of nitrogens with zero attached hydrogens (tertiary/aromatic N) is 1. The Labute approximate surface area is 126 Å². The number of nitrogens with one attached hydrogen (secondary N) is 2. The van der Waals surface area contributed by atoms with Gasteiger partial charge in [-0.3, -0.25) is 14.5 Å². The van der Waals surface area contributed by atoms with Crippen molar-refractivity contribution in [2.75, 3.05) is 25.5 Å². The first-order valence-electron chi connectivity index (χ1n) is 6.14. The van der Waals surface area contributed by atoms with Crippen molar-refractivity contribution in [1.82, 2.24) is 10.2 Å². The van der Waals surface area contributed by atoms with E-state index in [2.05, 4.69) is 10.6 Å². The minimum absolute atomic E-state index is 0.0878. The molecule has 8 heteroatoms. The molecule has 0 spiro atoms. The van der Waals surface area contributed by atoms with Crippen molar-refractivity contribution in [1.29, 1.82) is 0 Å². The second kappa shape index (κ2) is 6.01. The lowest BCUT2D eigenvalue weighted by molar-refractivity contribution is -0.128. The molecule has 1 fully saturated rings. The normalized spacial score (nSPS) is 14.1. The Bertz CT molecular complexity index is 602. The molecule has 0 atom stereocenters. The zero-order chi connectivity index (χ0) is 15.6. The predicted molar refractivity (Wildman–Crippen MR) is 76.5 cm³/mol. The maximum Gasteiger partial charge on any atom is 0.325 e. The fourth-order valence-electron chi connectivity index (χ4n) is 1.88. The third-order valence-corrected chi connectivity index (χ3v) is 3.40. The lowest BCUT2D eigenvalue weighted by Crippen LogP contribution is -2.38. The van der Waals surface area contributed by atoms with Crippen LogP contribution in [0.2, 0.25) is 5.02 Å². The molecule has 1 heterocycles. The fraction of sp³-hybridized carbons (Fsp3) is 0.308. The number of carbonyl (C=O) groups is 3. The summed E-state index contributed by atoms with van der Waals surface area (Å²) in [5.74, 6) is -0.536. The number of carbonyl (C=O) groups excluding carboxylic acids is 3. The molecule has 0 bridgehead atoms. The molecule has 7 nitrogen and oxygen atoms in total. The summed E-state index contributed by atoms with van der Waals surface area (Å²) in [6.07, 6.45) is 0. The number of aryl methyl sites for hydroxylation is 1. The van der Waals surface area contributed by atoms with Crippen molar-refractivity contribution in [3.8, 4) is 5.75 Å². The SMILES string of the molecule is COc1cc(Cl)c(C)cc1NC(=O)CN1C(=O)CNC1=O. The van der Waals surface area contributed by atoms with Gasteiger partial charge in [-0.1, -0.05) is 11.6 Å². The van der Waals surface area contributed by atoms with Gasteiger partial charge in [0.15, 0.2) is 0 Å². The summed E-state index contributed by atoms with van der Waals surface area (Å²) in [5, 5.41) is 5.46. The topological polar surface area (TPSA) is 87.7 Å². The van der Waals surface area contributed by atoms with Crippen molar-refractivity contribution >= 4 is 35.1 Å². The largest absolute Gasteiger partial charge is 0.495 e. The Morgan fingerprint density at radius 1 is 1.48 bits per heavy atom. The maximum absolute atomic E-state index is 12.0. The minimum atomic E-state index is -0.575. The van der Waals surface area contributed by atoms with Crippen LogP contribution in [0, 0.1) is 6.92 Å². The van der Waals surface area contributed by atoms with Gasteiger partial charge in [0, 0.05) is 11.1 Å². The zero-order valence-electron chi connectivity index (χ0n) is 11.5. The number of halogens is 1. The van der Waals surface area contributed by atoms with Crippen LogP contribution in [0.1, 0.15) is 5.56 Å². The Kier molecular flexibility index (Phi) is 4.32. The van der Waals surface area contributed by atoms with Gasteiger partial charge in [-0.2, -0.15) is 0 Å². The van der Waals surface area contributed by atoms with E-state index < -0.39 is 17.8 Å². The van der Waals surface area contributed by atoms with Gasteiger partial charge in [0.2, 0.25) is 5.91 Å². The molecule has 112 valence electrons. The van der Waals surface area contributed by atoms with E-state index in [1.165, 1.54) is 7.11 Å². The highest BCUT2D eigenvalue weighted by Gasteiger charge is 2.30. The van der Waals surface area contributed by atoms with Crippen LogP contribution in [0.4, 0.5) is 10.5 Å². The van der Waals surface area contributed by atoms with Gasteiger partial charge in [-0.05, 0) is 18.6 Å². The van der Waals surface area contributed by atoms with E-state index in [1.807, 2.05) is 0 Å². The van der Waals surface area contributed by atoms with Gasteiger partial charge in [-0.25, -0.2) is 4.79 Å². The van der Waals surface area contributed by atoms with Gasteiger partial charge in [0.25, 0.3) is 5.91 Å². The number of hydrogen-bond donors (Lipinski definition) is 2. The van der Waals surface area contributed by atoms with Crippen LogP contribution in [0.25, 0.3) is 0 Å². The Morgan fingerprint density at radius 3 is 2.76 bits per heavy atom. The van der Waals surface area contributed by atoms with Crippen LogP contribution >= 0.6 is 11.6 Å². The maximum atomic E-state index is 12.0. The molecule has 1 aromatic carbocycles. The highest BCUT2D eigenvalue weighted by atomic mass is 35.5. The molecular formula is C13H14ClN3O4. The van der Waals surface area contributed by atoms with E-state index in [0.29, 0.717) is 16.5 Å². The average Bonchev–Trinajstić information content (AvgIpc) is 2.74. The van der Waals surface area contributed by atoms with E-state index >= 15 is 0 Å². The number of amides is 4. The van der Waals surface area contributed by atoms with Gasteiger partial charge in [0.05, 0.1) is 19.3 Å². The molecule has 0 aromatic heterocycles. The predicted octanol–water partition coefficient (Wildman–Crippen LogP) is 1.15. The molecule has 0 radical (unpaired) electrons. The van der Waals surface area contributed by atoms with E-state index in [1.54, 1.807) is 19.1 Å². The summed E-state index contributed by atoms with van der Waals surface area (Å²) >= 11 is 5.98. The van der Waals surface area contributed by atoms with Crippen molar-refractivity contribution < 1.29 is 19.1 Å². The third kappa shape index (κ3) is 3.25. The lowest BCUT2D eigenvalue weighted by Gasteiger charge is -2.15. The number of hydrogen-bond acceptors (Lipinski definition) is 4. The van der Waals surface area contributed by atoms with Crippen LogP contribution in [-0.4, -0.2) is 42.9 Å². The summed E-state index contributed by atoms with van der Waals surface area (Å²) in [6.45, 7) is 1.35. The van der Waals surface area contributed by atoms with Crippen molar-refractivity contribution in [2.24, 2.45) is 0 Å². The van der Waals surface area contributed by atoms with Crippen molar-refractivity contribution in [3.05, 3.63) is 22.7 Å². The molecular weight excluding hydrogens is 298 g/mol. The first-order valence-corrected chi connectivity index (χ1v) is 6.52. The number of methoxy groups -OCH3 is 1. The highest BCUT2D eigenvalue weighted by molar-refractivity contribution is 6.31. The number of ether oxygens (including phenoxy) is 1. The Balaban J connectivity index is 2.11. The number of imide groups is 1. The van der Waals surface area contributed by atoms with Crippen LogP contribution < -0.4 is 15.4 Å². The van der Waals surface area contributed by atoms with Crippen LogP contribution in [-0.2, 0) is 9.59 Å². The smallest absolute Gasteiger partial charge is 0.325 e. The standard InChI is InChI=1S/C13H14ClN3O4/c1-7-3-9(10(21-2)4-8(7)14)16-11(18)6-17-12(19)5-15-13(17)20/h3-4H,5-6H2,1-2H3,(H,15,20)(H,16,18). The van der Waals surface area contributed by atoms with E-state index in [0.717, 1.165) is 10.5 Å². The number of urea groups is 1. The quantitative estimate of drug-likeness (QED) is 0.816. The van der Waals surface area contributed by atoms with Gasteiger partial charge >= 0.3 is 6.03 Å². The lowest BCUT2D eigenvalue weighted by atomic mass is 10.2. The zero-order valence-corrected chi connectivity index (χ0v) is 12.3. The van der Waals surface area contributed by atoms with Crippen LogP contribution in [0.15, 0.2) is 12.1 Å². The second-order valence-electron chi connectivity index (χ2n) is 4.49. The van der Waals surface area contributed by atoms with Crippen LogP contribution in [0.5, 0.6) is 5.75 Å². The van der Waals surface area contributed by atoms with Gasteiger partial charge in [0.1, 0.15) is 12.3 Å². The van der Waals surface area contributed by atoms with Gasteiger partial charge < -0.3 is 15.4 Å². The number of rotatable bonds is 4. The van der Waals surface area contributed by atoms with Crippen LogP contribution in [0.3, 0.4) is 0 Å². The third-order valence-electron chi connectivity index (χ3n) is 2.99. The summed E-state index contributed by atoms with van der Waals surface area (Å²) in [6, 6.07) is 2.67. The molecule has 0 aliphatic carbocycles. The number of benzene rings is 1.